The van der Waals surface area contributed by atoms with Crippen LogP contribution in [0, 0.1) is 5.82 Å². The minimum atomic E-state index is -4.74. The van der Waals surface area contributed by atoms with Gasteiger partial charge in [0.15, 0.2) is 0 Å². The summed E-state index contributed by atoms with van der Waals surface area (Å²) in [7, 11) is 0. The highest BCUT2D eigenvalue weighted by Crippen LogP contribution is 2.32. The second-order valence-electron chi connectivity index (χ2n) is 5.18. The Labute approximate surface area is 136 Å². The molecule has 1 rings (SSSR count). The molecule has 0 aliphatic rings. The van der Waals surface area contributed by atoms with Gasteiger partial charge in [-0.15, -0.1) is 0 Å². The van der Waals surface area contributed by atoms with Gasteiger partial charge in [-0.05, 0) is 30.7 Å². The highest BCUT2D eigenvalue weighted by Gasteiger charge is 2.33. The van der Waals surface area contributed by atoms with E-state index in [0.717, 1.165) is 12.1 Å². The zero-order chi connectivity index (χ0) is 18.3. The van der Waals surface area contributed by atoms with E-state index in [-0.39, 0.29) is 18.7 Å². The van der Waals surface area contributed by atoms with Crippen LogP contribution in [0.3, 0.4) is 0 Å². The lowest BCUT2D eigenvalue weighted by atomic mass is 10.1. The molecule has 0 radical (unpaired) electrons. The van der Waals surface area contributed by atoms with Crippen molar-refractivity contribution in [2.75, 3.05) is 19.6 Å². The third-order valence-corrected chi connectivity index (χ3v) is 3.12. The number of rotatable bonds is 8. The van der Waals surface area contributed by atoms with Crippen LogP contribution in [-0.2, 0) is 22.3 Å². The Balaban J connectivity index is 2.72. The van der Waals surface area contributed by atoms with E-state index in [9.17, 15) is 27.2 Å². The smallest absolute Gasteiger partial charge is 0.416 e. The van der Waals surface area contributed by atoms with Crippen molar-refractivity contribution in [3.63, 3.8) is 0 Å². The molecule has 0 aliphatic heterocycles. The molecular formula is C15H18F4N2O3. The van der Waals surface area contributed by atoms with Crippen molar-refractivity contribution in [3.8, 4) is 0 Å². The summed E-state index contributed by atoms with van der Waals surface area (Å²) in [5, 5.41) is 11.0. The summed E-state index contributed by atoms with van der Waals surface area (Å²) >= 11 is 0. The molecule has 1 aromatic carbocycles. The standard InChI is InChI=1S/C15H18F4N2O3/c1-2-5-21(9-14(23)24)8-13(22)20-7-10-3-4-11(16)6-12(10)15(17,18)19/h3-4,6H,2,5,7-9H2,1H3,(H,20,22)(H,23,24). The average Bonchev–Trinajstić information content (AvgIpc) is 2.44. The number of nitrogens with one attached hydrogen (secondary N) is 1. The van der Waals surface area contributed by atoms with Gasteiger partial charge in [-0.1, -0.05) is 13.0 Å². The Kier molecular flexibility index (Phi) is 7.15. The van der Waals surface area contributed by atoms with E-state index in [0.29, 0.717) is 19.0 Å². The number of aliphatic carboxylic acids is 1. The molecule has 9 heteroatoms. The molecule has 0 heterocycles. The van der Waals surface area contributed by atoms with Crippen LogP contribution in [0.2, 0.25) is 0 Å². The fourth-order valence-corrected chi connectivity index (χ4v) is 2.14. The predicted molar refractivity (Wildman–Crippen MR) is 77.6 cm³/mol. The van der Waals surface area contributed by atoms with Crippen LogP contribution in [-0.4, -0.2) is 41.5 Å². The van der Waals surface area contributed by atoms with Gasteiger partial charge in [-0.3, -0.25) is 14.5 Å². The SMILES string of the molecule is CCCN(CC(=O)O)CC(=O)NCc1ccc(F)cc1C(F)(F)F. The first kappa shape index (κ1) is 19.9. The van der Waals surface area contributed by atoms with Gasteiger partial charge in [-0.2, -0.15) is 13.2 Å². The summed E-state index contributed by atoms with van der Waals surface area (Å²) in [6, 6.07) is 2.21. The van der Waals surface area contributed by atoms with E-state index in [1.54, 1.807) is 6.92 Å². The van der Waals surface area contributed by atoms with Crippen molar-refractivity contribution in [3.05, 3.63) is 35.1 Å². The number of carboxylic acid groups (broad SMARTS) is 1. The number of hydrogen-bond donors (Lipinski definition) is 2. The van der Waals surface area contributed by atoms with Crippen molar-refractivity contribution in [2.45, 2.75) is 26.1 Å². The largest absolute Gasteiger partial charge is 0.480 e. The maximum atomic E-state index is 13.0. The number of benzene rings is 1. The third kappa shape index (κ3) is 6.53. The fourth-order valence-electron chi connectivity index (χ4n) is 2.14. The number of nitrogens with zero attached hydrogens (tertiary/aromatic N) is 1. The molecular weight excluding hydrogens is 332 g/mol. The Morgan fingerprint density at radius 1 is 1.25 bits per heavy atom. The van der Waals surface area contributed by atoms with Crippen LogP contribution in [0.5, 0.6) is 0 Å². The first-order chi connectivity index (χ1) is 11.1. The molecule has 1 aromatic rings. The molecule has 0 aliphatic carbocycles. The van der Waals surface area contributed by atoms with Crippen LogP contribution in [0.4, 0.5) is 17.6 Å². The Hall–Kier alpha value is -2.16. The monoisotopic (exact) mass is 350 g/mol. The van der Waals surface area contributed by atoms with Crippen molar-refractivity contribution in [2.24, 2.45) is 0 Å². The zero-order valence-electron chi connectivity index (χ0n) is 13.0. The van der Waals surface area contributed by atoms with E-state index < -0.39 is 36.0 Å². The maximum absolute atomic E-state index is 13.0. The Morgan fingerprint density at radius 3 is 2.46 bits per heavy atom. The second kappa shape index (κ2) is 8.62. The third-order valence-electron chi connectivity index (χ3n) is 3.12. The Morgan fingerprint density at radius 2 is 1.92 bits per heavy atom. The zero-order valence-corrected chi connectivity index (χ0v) is 13.0. The van der Waals surface area contributed by atoms with Gasteiger partial charge in [0.1, 0.15) is 5.82 Å². The van der Waals surface area contributed by atoms with E-state index in [1.807, 2.05) is 0 Å². The van der Waals surface area contributed by atoms with Gasteiger partial charge in [0.25, 0.3) is 0 Å². The van der Waals surface area contributed by atoms with Gasteiger partial charge in [0.05, 0.1) is 18.7 Å². The van der Waals surface area contributed by atoms with Crippen molar-refractivity contribution in [1.82, 2.24) is 10.2 Å². The number of carboxylic acids is 1. The molecule has 0 saturated carbocycles. The van der Waals surface area contributed by atoms with Crippen molar-refractivity contribution >= 4 is 11.9 Å². The lowest BCUT2D eigenvalue weighted by molar-refractivity contribution is -0.140. The maximum Gasteiger partial charge on any atom is 0.416 e. The van der Waals surface area contributed by atoms with Crippen molar-refractivity contribution in [1.29, 1.82) is 0 Å². The highest BCUT2D eigenvalue weighted by molar-refractivity contribution is 5.79. The number of carbonyl (C=O) groups is 2. The van der Waals surface area contributed by atoms with E-state index in [1.165, 1.54) is 4.90 Å². The van der Waals surface area contributed by atoms with Gasteiger partial charge < -0.3 is 10.4 Å². The predicted octanol–water partition coefficient (Wildman–Crippen LogP) is 2.26. The molecule has 5 nitrogen and oxygen atoms in total. The van der Waals surface area contributed by atoms with Gasteiger partial charge in [0.2, 0.25) is 5.91 Å². The van der Waals surface area contributed by atoms with E-state index in [2.05, 4.69) is 5.32 Å². The van der Waals surface area contributed by atoms with Crippen LogP contribution >= 0.6 is 0 Å². The normalized spacial score (nSPS) is 11.6. The summed E-state index contributed by atoms with van der Waals surface area (Å²) < 4.78 is 51.6. The summed E-state index contributed by atoms with van der Waals surface area (Å²) in [4.78, 5) is 23.9. The van der Waals surface area contributed by atoms with Crippen LogP contribution in [0.25, 0.3) is 0 Å². The highest BCUT2D eigenvalue weighted by atomic mass is 19.4. The minimum absolute atomic E-state index is 0.247. The molecule has 2 N–H and O–H groups in total. The molecule has 0 saturated heterocycles. The van der Waals surface area contributed by atoms with E-state index in [4.69, 9.17) is 5.11 Å². The Bertz CT molecular complexity index is 591. The lowest BCUT2D eigenvalue weighted by Crippen LogP contribution is -2.40. The number of halogens is 4. The average molecular weight is 350 g/mol. The summed E-state index contributed by atoms with van der Waals surface area (Å²) in [6.07, 6.45) is -4.11. The molecule has 0 aromatic heterocycles. The molecule has 1 amide bonds. The van der Waals surface area contributed by atoms with Crippen molar-refractivity contribution < 1.29 is 32.3 Å². The quantitative estimate of drug-likeness (QED) is 0.706. The first-order valence-corrected chi connectivity index (χ1v) is 7.20. The molecule has 134 valence electrons. The number of hydrogen-bond acceptors (Lipinski definition) is 3. The molecule has 0 bridgehead atoms. The second-order valence-corrected chi connectivity index (χ2v) is 5.18. The molecule has 0 fully saturated rings. The van der Waals surface area contributed by atoms with Crippen LogP contribution < -0.4 is 5.32 Å². The molecule has 0 atom stereocenters. The summed E-state index contributed by atoms with van der Waals surface area (Å²) in [6.45, 7) is 1.15. The molecule has 0 spiro atoms. The fraction of sp³-hybridized carbons (Fsp3) is 0.467. The molecule has 0 unspecified atom stereocenters. The van der Waals surface area contributed by atoms with E-state index >= 15 is 0 Å². The lowest BCUT2D eigenvalue weighted by Gasteiger charge is -2.19. The number of amides is 1. The minimum Gasteiger partial charge on any atom is -0.480 e. The molecule has 24 heavy (non-hydrogen) atoms. The number of alkyl halides is 3. The topological polar surface area (TPSA) is 69.6 Å². The van der Waals surface area contributed by atoms with Crippen LogP contribution in [0.15, 0.2) is 18.2 Å². The van der Waals surface area contributed by atoms with Gasteiger partial charge in [0, 0.05) is 6.54 Å². The van der Waals surface area contributed by atoms with Crippen LogP contribution in [0.1, 0.15) is 24.5 Å². The van der Waals surface area contributed by atoms with Gasteiger partial charge >= 0.3 is 12.1 Å². The van der Waals surface area contributed by atoms with Gasteiger partial charge in [-0.25, -0.2) is 4.39 Å². The number of carbonyl (C=O) groups excluding carboxylic acids is 1. The summed E-state index contributed by atoms with van der Waals surface area (Å²) in [5.41, 5.74) is -1.42. The summed E-state index contributed by atoms with van der Waals surface area (Å²) in [5.74, 6) is -2.73. The first-order valence-electron chi connectivity index (χ1n) is 7.20.